The Morgan fingerprint density at radius 2 is 1.79 bits per heavy atom. The molecule has 1 saturated heterocycles. The molecule has 28 heavy (non-hydrogen) atoms. The number of sulfone groups is 1. The van der Waals surface area contributed by atoms with Crippen molar-refractivity contribution in [1.29, 1.82) is 0 Å². The first kappa shape index (κ1) is 20.3. The summed E-state index contributed by atoms with van der Waals surface area (Å²) in [6, 6.07) is 5.91. The van der Waals surface area contributed by atoms with E-state index in [-0.39, 0.29) is 28.4 Å². The highest BCUT2D eigenvalue weighted by Crippen LogP contribution is 2.29. The number of rotatable bonds is 5. The third-order valence-corrected chi connectivity index (χ3v) is 7.92. The Kier molecular flexibility index (Phi) is 5.24. The second kappa shape index (κ2) is 7.21. The molecule has 1 aliphatic heterocycles. The molecule has 0 saturated carbocycles. The Balaban J connectivity index is 1.87. The summed E-state index contributed by atoms with van der Waals surface area (Å²) in [7, 11) is -7.03. The molecule has 2 N–H and O–H groups in total. The molecule has 9 nitrogen and oxygen atoms in total. The molecule has 0 unspecified atom stereocenters. The average molecular weight is 427 g/mol. The minimum Gasteiger partial charge on any atom is -0.326 e. The van der Waals surface area contributed by atoms with E-state index in [2.05, 4.69) is 15.1 Å². The summed E-state index contributed by atoms with van der Waals surface area (Å²) in [4.78, 5) is 11.1. The van der Waals surface area contributed by atoms with Crippen LogP contribution < -0.4 is 10.0 Å². The largest absolute Gasteiger partial charge is 0.326 e. The first-order valence-corrected chi connectivity index (χ1v) is 12.0. The van der Waals surface area contributed by atoms with Gasteiger partial charge in [-0.1, -0.05) is 0 Å². The van der Waals surface area contributed by atoms with Crippen LogP contribution in [0.4, 0.5) is 11.4 Å². The van der Waals surface area contributed by atoms with Crippen molar-refractivity contribution in [2.24, 2.45) is 0 Å². The summed E-state index contributed by atoms with van der Waals surface area (Å²) in [6.45, 7) is 4.59. The highest BCUT2D eigenvalue weighted by Gasteiger charge is 2.33. The molecule has 1 atom stereocenters. The van der Waals surface area contributed by atoms with Crippen LogP contribution in [0.5, 0.6) is 0 Å². The SMILES string of the molecule is CC(=O)Nc1ccc(NS(=O)(=O)c2c(C)nn([C@@H]3CCS(=O)(=O)C3)c2C)cc1. The third kappa shape index (κ3) is 4.20. The number of anilines is 2. The van der Waals surface area contributed by atoms with E-state index in [0.29, 0.717) is 29.2 Å². The summed E-state index contributed by atoms with van der Waals surface area (Å²) >= 11 is 0. The monoisotopic (exact) mass is 426 g/mol. The van der Waals surface area contributed by atoms with Crippen LogP contribution in [0.2, 0.25) is 0 Å². The van der Waals surface area contributed by atoms with Crippen molar-refractivity contribution in [3.63, 3.8) is 0 Å². The van der Waals surface area contributed by atoms with Crippen LogP contribution in [0.3, 0.4) is 0 Å². The molecule has 0 radical (unpaired) electrons. The maximum Gasteiger partial charge on any atom is 0.265 e. The number of nitrogens with one attached hydrogen (secondary N) is 2. The van der Waals surface area contributed by atoms with E-state index in [1.165, 1.54) is 11.6 Å². The number of carbonyl (C=O) groups is 1. The van der Waals surface area contributed by atoms with Gasteiger partial charge in [-0.15, -0.1) is 0 Å². The average Bonchev–Trinajstić information content (AvgIpc) is 3.07. The summed E-state index contributed by atoms with van der Waals surface area (Å²) in [5, 5.41) is 6.91. The van der Waals surface area contributed by atoms with Crippen LogP contribution in [0, 0.1) is 13.8 Å². The van der Waals surface area contributed by atoms with Crippen molar-refractivity contribution in [1.82, 2.24) is 9.78 Å². The molecular formula is C17H22N4O5S2. The number of benzene rings is 1. The Bertz CT molecular complexity index is 1120. The number of amides is 1. The van der Waals surface area contributed by atoms with Crippen molar-refractivity contribution in [3.05, 3.63) is 35.7 Å². The zero-order valence-electron chi connectivity index (χ0n) is 15.8. The van der Waals surface area contributed by atoms with E-state index in [1.807, 2.05) is 0 Å². The van der Waals surface area contributed by atoms with E-state index in [9.17, 15) is 21.6 Å². The van der Waals surface area contributed by atoms with E-state index in [0.717, 1.165) is 0 Å². The molecule has 1 fully saturated rings. The molecule has 0 aliphatic carbocycles. The first-order valence-electron chi connectivity index (χ1n) is 8.65. The number of hydrogen-bond acceptors (Lipinski definition) is 6. The van der Waals surface area contributed by atoms with Gasteiger partial charge in [-0.05, 0) is 44.5 Å². The molecule has 1 amide bonds. The molecular weight excluding hydrogens is 404 g/mol. The van der Waals surface area contributed by atoms with Crippen LogP contribution >= 0.6 is 0 Å². The summed E-state index contributed by atoms with van der Waals surface area (Å²) in [5.74, 6) is -0.176. The summed E-state index contributed by atoms with van der Waals surface area (Å²) in [5.41, 5.74) is 1.60. The van der Waals surface area contributed by atoms with Gasteiger partial charge < -0.3 is 5.32 Å². The lowest BCUT2D eigenvalue weighted by Gasteiger charge is -2.12. The molecule has 1 aromatic heterocycles. The minimum atomic E-state index is -3.92. The fourth-order valence-electron chi connectivity index (χ4n) is 3.39. The zero-order chi connectivity index (χ0) is 20.7. The molecule has 1 aromatic carbocycles. The normalized spacial score (nSPS) is 18.8. The second-order valence-electron chi connectivity index (χ2n) is 6.87. The quantitative estimate of drug-likeness (QED) is 0.748. The van der Waals surface area contributed by atoms with Gasteiger partial charge in [-0.3, -0.25) is 14.2 Å². The predicted molar refractivity (Wildman–Crippen MR) is 106 cm³/mol. The second-order valence-corrected chi connectivity index (χ2v) is 10.7. The Labute approximate surface area is 164 Å². The molecule has 3 rings (SSSR count). The zero-order valence-corrected chi connectivity index (χ0v) is 17.4. The van der Waals surface area contributed by atoms with E-state index >= 15 is 0 Å². The molecule has 1 aliphatic rings. The number of aromatic nitrogens is 2. The molecule has 11 heteroatoms. The number of nitrogens with zero attached hydrogens (tertiary/aromatic N) is 2. The van der Waals surface area contributed by atoms with Gasteiger partial charge in [0.1, 0.15) is 4.90 Å². The lowest BCUT2D eigenvalue weighted by molar-refractivity contribution is -0.114. The van der Waals surface area contributed by atoms with Crippen molar-refractivity contribution in [2.45, 2.75) is 38.1 Å². The molecule has 2 aromatic rings. The highest BCUT2D eigenvalue weighted by atomic mass is 32.2. The number of aryl methyl sites for hydroxylation is 1. The Morgan fingerprint density at radius 3 is 2.32 bits per heavy atom. The maximum absolute atomic E-state index is 12.9. The first-order chi connectivity index (χ1) is 13.0. The van der Waals surface area contributed by atoms with Gasteiger partial charge in [0, 0.05) is 18.3 Å². The van der Waals surface area contributed by atoms with Crippen LogP contribution in [-0.4, -0.2) is 44.0 Å². The van der Waals surface area contributed by atoms with Gasteiger partial charge in [-0.25, -0.2) is 16.8 Å². The summed E-state index contributed by atoms with van der Waals surface area (Å²) < 4.78 is 53.3. The van der Waals surface area contributed by atoms with Crippen molar-refractivity contribution in [2.75, 3.05) is 21.5 Å². The minimum absolute atomic E-state index is 0.0352. The van der Waals surface area contributed by atoms with Gasteiger partial charge in [-0.2, -0.15) is 5.10 Å². The fourth-order valence-corrected chi connectivity index (χ4v) is 6.54. The fraction of sp³-hybridized carbons (Fsp3) is 0.412. The van der Waals surface area contributed by atoms with Gasteiger partial charge in [0.15, 0.2) is 9.84 Å². The molecule has 0 bridgehead atoms. The topological polar surface area (TPSA) is 127 Å². The lowest BCUT2D eigenvalue weighted by Crippen LogP contribution is -2.17. The smallest absolute Gasteiger partial charge is 0.265 e. The van der Waals surface area contributed by atoms with Crippen molar-refractivity contribution >= 4 is 37.1 Å². The number of hydrogen-bond donors (Lipinski definition) is 2. The highest BCUT2D eigenvalue weighted by molar-refractivity contribution is 7.92. The van der Waals surface area contributed by atoms with Crippen LogP contribution in [0.1, 0.15) is 30.8 Å². The van der Waals surface area contributed by atoms with Gasteiger partial charge in [0.05, 0.1) is 28.9 Å². The van der Waals surface area contributed by atoms with E-state index in [1.54, 1.807) is 38.1 Å². The standard InChI is InChI=1S/C17H22N4O5S2/c1-11-17(12(2)21(19-11)16-8-9-27(23,24)10-16)28(25,26)20-15-6-4-14(5-7-15)18-13(3)22/h4-7,16,20H,8-10H2,1-3H3,(H,18,22)/t16-/m1/s1. The number of carbonyl (C=O) groups excluding carboxylic acids is 1. The summed E-state index contributed by atoms with van der Waals surface area (Å²) in [6.07, 6.45) is 0.418. The van der Waals surface area contributed by atoms with Gasteiger partial charge in [0.25, 0.3) is 10.0 Å². The maximum atomic E-state index is 12.9. The van der Waals surface area contributed by atoms with Crippen molar-refractivity contribution < 1.29 is 21.6 Å². The molecule has 152 valence electrons. The predicted octanol–water partition coefficient (Wildman–Crippen LogP) is 1.62. The van der Waals surface area contributed by atoms with Crippen LogP contribution in [0.15, 0.2) is 29.2 Å². The Morgan fingerprint density at radius 1 is 1.18 bits per heavy atom. The van der Waals surface area contributed by atoms with Crippen LogP contribution in [0.25, 0.3) is 0 Å². The Hall–Kier alpha value is -2.40. The van der Waals surface area contributed by atoms with Crippen LogP contribution in [-0.2, 0) is 24.7 Å². The number of sulfonamides is 1. The van der Waals surface area contributed by atoms with Gasteiger partial charge in [0.2, 0.25) is 5.91 Å². The lowest BCUT2D eigenvalue weighted by atomic mass is 10.2. The molecule has 2 heterocycles. The van der Waals surface area contributed by atoms with E-state index in [4.69, 9.17) is 0 Å². The van der Waals surface area contributed by atoms with Gasteiger partial charge >= 0.3 is 0 Å². The van der Waals surface area contributed by atoms with E-state index < -0.39 is 19.9 Å². The van der Waals surface area contributed by atoms with Crippen molar-refractivity contribution in [3.8, 4) is 0 Å². The third-order valence-electron chi connectivity index (χ3n) is 4.54. The molecule has 0 spiro atoms.